The number of anilines is 1. The van der Waals surface area contributed by atoms with Crippen LogP contribution in [0.3, 0.4) is 0 Å². The van der Waals surface area contributed by atoms with Crippen LogP contribution in [0.5, 0.6) is 0 Å². The smallest absolute Gasteiger partial charge is 0.141 e. The Morgan fingerprint density at radius 1 is 1.38 bits per heavy atom. The lowest BCUT2D eigenvalue weighted by Gasteiger charge is -2.31. The molecule has 0 aliphatic carbocycles. The standard InChI is InChI=1S/C17H22N6O/c1-19-15-5-7-23(10-13(15)14(18)11-24)16-4-3-12(9-21-16)17-20-6-8-22(17)2/h3-4,6,8-9,24H,5,7,10-11,18H2,1-2H3. The average molecular weight is 326 g/mol. The van der Waals surface area contributed by atoms with Crippen LogP contribution < -0.4 is 10.6 Å². The summed E-state index contributed by atoms with van der Waals surface area (Å²) >= 11 is 0. The highest BCUT2D eigenvalue weighted by molar-refractivity contribution is 6.02. The van der Waals surface area contributed by atoms with Crippen molar-refractivity contribution in [3.8, 4) is 11.4 Å². The molecule has 0 unspecified atom stereocenters. The quantitative estimate of drug-likeness (QED) is 0.877. The summed E-state index contributed by atoms with van der Waals surface area (Å²) in [4.78, 5) is 15.4. The molecule has 126 valence electrons. The van der Waals surface area contributed by atoms with Crippen LogP contribution in [-0.2, 0) is 7.05 Å². The van der Waals surface area contributed by atoms with Crippen molar-refractivity contribution in [2.75, 3.05) is 31.6 Å². The van der Waals surface area contributed by atoms with Gasteiger partial charge in [-0.25, -0.2) is 9.97 Å². The van der Waals surface area contributed by atoms with E-state index in [0.29, 0.717) is 12.2 Å². The molecule has 7 heteroatoms. The van der Waals surface area contributed by atoms with Gasteiger partial charge in [0, 0.05) is 74.7 Å². The lowest BCUT2D eigenvalue weighted by atomic mass is 10.00. The predicted octanol–water partition coefficient (Wildman–Crippen LogP) is 0.968. The molecule has 1 aliphatic heterocycles. The van der Waals surface area contributed by atoms with Crippen molar-refractivity contribution in [3.63, 3.8) is 0 Å². The Bertz CT molecular complexity index is 775. The number of aliphatic hydroxyl groups excluding tert-OH is 1. The second-order valence-corrected chi connectivity index (χ2v) is 5.77. The predicted molar refractivity (Wildman–Crippen MR) is 94.9 cm³/mol. The Hall–Kier alpha value is -2.67. The van der Waals surface area contributed by atoms with Gasteiger partial charge in [-0.1, -0.05) is 0 Å². The van der Waals surface area contributed by atoms with E-state index >= 15 is 0 Å². The lowest BCUT2D eigenvalue weighted by molar-refractivity contribution is 0.328. The monoisotopic (exact) mass is 326 g/mol. The van der Waals surface area contributed by atoms with E-state index in [0.717, 1.165) is 41.5 Å². The number of piperidine rings is 1. The number of aliphatic hydroxyl groups is 1. The molecule has 0 aromatic carbocycles. The maximum Gasteiger partial charge on any atom is 0.141 e. The number of rotatable bonds is 3. The van der Waals surface area contributed by atoms with Crippen LogP contribution in [0.15, 0.2) is 47.0 Å². The average Bonchev–Trinajstić information content (AvgIpc) is 3.06. The van der Waals surface area contributed by atoms with Gasteiger partial charge in [-0.05, 0) is 12.1 Å². The zero-order valence-electron chi connectivity index (χ0n) is 14.0. The number of aliphatic imine (C=N–C) groups is 1. The van der Waals surface area contributed by atoms with Gasteiger partial charge in [-0.15, -0.1) is 0 Å². The minimum absolute atomic E-state index is 0.159. The molecule has 1 fully saturated rings. The van der Waals surface area contributed by atoms with E-state index in [1.165, 1.54) is 0 Å². The molecule has 0 saturated carbocycles. The van der Waals surface area contributed by atoms with Crippen LogP contribution in [0, 0.1) is 0 Å². The Morgan fingerprint density at radius 2 is 2.21 bits per heavy atom. The van der Waals surface area contributed by atoms with Crippen LogP contribution in [0.2, 0.25) is 0 Å². The van der Waals surface area contributed by atoms with Crippen molar-refractivity contribution in [2.45, 2.75) is 6.42 Å². The second kappa shape index (κ2) is 6.84. The number of hydrogen-bond donors (Lipinski definition) is 2. The van der Waals surface area contributed by atoms with E-state index in [2.05, 4.69) is 19.9 Å². The summed E-state index contributed by atoms with van der Waals surface area (Å²) in [6, 6.07) is 4.01. The van der Waals surface area contributed by atoms with Gasteiger partial charge in [0.15, 0.2) is 0 Å². The van der Waals surface area contributed by atoms with E-state index in [9.17, 15) is 5.11 Å². The summed E-state index contributed by atoms with van der Waals surface area (Å²) in [5.41, 5.74) is 9.27. The summed E-state index contributed by atoms with van der Waals surface area (Å²) in [6.45, 7) is 1.27. The molecule has 24 heavy (non-hydrogen) atoms. The van der Waals surface area contributed by atoms with Crippen molar-refractivity contribution < 1.29 is 5.11 Å². The Morgan fingerprint density at radius 3 is 2.79 bits per heavy atom. The third-order valence-corrected chi connectivity index (χ3v) is 4.29. The highest BCUT2D eigenvalue weighted by Crippen LogP contribution is 2.23. The first-order chi connectivity index (χ1) is 11.6. The van der Waals surface area contributed by atoms with Crippen LogP contribution in [0.4, 0.5) is 5.82 Å². The largest absolute Gasteiger partial charge is 0.400 e. The molecule has 0 amide bonds. The Labute approximate surface area is 141 Å². The molecule has 2 aromatic rings. The summed E-state index contributed by atoms with van der Waals surface area (Å²) < 4.78 is 1.96. The maximum atomic E-state index is 9.34. The van der Waals surface area contributed by atoms with E-state index in [4.69, 9.17) is 5.73 Å². The highest BCUT2D eigenvalue weighted by Gasteiger charge is 2.22. The first-order valence-corrected chi connectivity index (χ1v) is 7.87. The van der Waals surface area contributed by atoms with Crippen LogP contribution in [-0.4, -0.2) is 52.1 Å². The molecule has 3 heterocycles. The molecule has 3 N–H and O–H groups in total. The van der Waals surface area contributed by atoms with Crippen LogP contribution in [0.1, 0.15) is 6.42 Å². The number of aromatic nitrogens is 3. The number of hydrogen-bond acceptors (Lipinski definition) is 6. The molecule has 0 atom stereocenters. The number of aryl methyl sites for hydroxylation is 1. The summed E-state index contributed by atoms with van der Waals surface area (Å²) in [5, 5.41) is 9.34. The molecule has 0 bridgehead atoms. The fourth-order valence-electron chi connectivity index (χ4n) is 2.93. The van der Waals surface area contributed by atoms with Gasteiger partial charge in [-0.2, -0.15) is 0 Å². The van der Waals surface area contributed by atoms with E-state index in [1.807, 2.05) is 36.1 Å². The number of nitrogens with zero attached hydrogens (tertiary/aromatic N) is 5. The maximum absolute atomic E-state index is 9.34. The summed E-state index contributed by atoms with van der Waals surface area (Å²) in [6.07, 6.45) is 6.30. The molecule has 1 aliphatic rings. The topological polar surface area (TPSA) is 92.6 Å². The first kappa shape index (κ1) is 16.2. The number of nitrogens with two attached hydrogens (primary N) is 1. The van der Waals surface area contributed by atoms with E-state index in [1.54, 1.807) is 13.2 Å². The Kier molecular flexibility index (Phi) is 4.61. The third kappa shape index (κ3) is 3.03. The molecule has 3 rings (SSSR count). The lowest BCUT2D eigenvalue weighted by Crippen LogP contribution is -2.38. The summed E-state index contributed by atoms with van der Waals surface area (Å²) in [5.74, 6) is 1.77. The minimum Gasteiger partial charge on any atom is -0.400 e. The van der Waals surface area contributed by atoms with Crippen molar-refractivity contribution in [1.82, 2.24) is 14.5 Å². The SMILES string of the molecule is CN=C1CCN(c2ccc(-c3nccn3C)cn2)CC1=C(N)CO. The first-order valence-electron chi connectivity index (χ1n) is 7.87. The molecule has 0 spiro atoms. The van der Waals surface area contributed by atoms with Crippen molar-refractivity contribution >= 4 is 11.5 Å². The number of pyridine rings is 1. The fraction of sp³-hybridized carbons (Fsp3) is 0.353. The van der Waals surface area contributed by atoms with Crippen LogP contribution in [0.25, 0.3) is 11.4 Å². The van der Waals surface area contributed by atoms with E-state index < -0.39 is 0 Å². The zero-order valence-corrected chi connectivity index (χ0v) is 14.0. The van der Waals surface area contributed by atoms with E-state index in [-0.39, 0.29) is 6.61 Å². The number of imidazole rings is 1. The van der Waals surface area contributed by atoms with Gasteiger partial charge in [0.25, 0.3) is 0 Å². The van der Waals surface area contributed by atoms with Gasteiger partial charge in [0.2, 0.25) is 0 Å². The molecule has 1 saturated heterocycles. The Balaban J connectivity index is 1.84. The molecular formula is C17H22N6O. The van der Waals surface area contributed by atoms with Gasteiger partial charge in [0.05, 0.1) is 6.61 Å². The molecule has 2 aromatic heterocycles. The van der Waals surface area contributed by atoms with Crippen molar-refractivity contribution in [2.24, 2.45) is 17.8 Å². The summed E-state index contributed by atoms with van der Waals surface area (Å²) in [7, 11) is 3.72. The molecular weight excluding hydrogens is 304 g/mol. The molecule has 0 radical (unpaired) electrons. The second-order valence-electron chi connectivity index (χ2n) is 5.77. The normalized spacial score (nSPS) is 19.0. The van der Waals surface area contributed by atoms with Crippen LogP contribution >= 0.6 is 0 Å². The van der Waals surface area contributed by atoms with Gasteiger partial charge in [0.1, 0.15) is 11.6 Å². The third-order valence-electron chi connectivity index (χ3n) is 4.29. The highest BCUT2D eigenvalue weighted by atomic mass is 16.3. The zero-order chi connectivity index (χ0) is 17.1. The minimum atomic E-state index is -0.159. The molecule has 7 nitrogen and oxygen atoms in total. The fourth-order valence-corrected chi connectivity index (χ4v) is 2.93. The van der Waals surface area contributed by atoms with Gasteiger partial charge < -0.3 is 20.3 Å². The van der Waals surface area contributed by atoms with Gasteiger partial charge >= 0.3 is 0 Å². The van der Waals surface area contributed by atoms with Crippen molar-refractivity contribution in [3.05, 3.63) is 42.0 Å². The van der Waals surface area contributed by atoms with Crippen molar-refractivity contribution in [1.29, 1.82) is 0 Å². The van der Waals surface area contributed by atoms with Gasteiger partial charge in [-0.3, -0.25) is 4.99 Å².